The van der Waals surface area contributed by atoms with Crippen LogP contribution in [0.15, 0.2) is 18.2 Å². The van der Waals surface area contributed by atoms with Crippen molar-refractivity contribution in [2.24, 2.45) is 0 Å². The number of fused-ring (bicyclic) bond motifs is 3. The molecule has 2 aliphatic heterocycles. The van der Waals surface area contributed by atoms with E-state index in [0.717, 1.165) is 31.2 Å². The molecule has 1 saturated heterocycles. The molecular formula is C23H30F3N3O5. The fourth-order valence-electron chi connectivity index (χ4n) is 5.04. The zero-order valence-corrected chi connectivity index (χ0v) is 18.7. The lowest BCUT2D eigenvalue weighted by molar-refractivity contribution is -0.149. The van der Waals surface area contributed by atoms with Gasteiger partial charge in [-0.2, -0.15) is 13.2 Å². The fraction of sp³-hybridized carbons (Fsp3) is 0.652. The molecule has 0 radical (unpaired) electrons. The van der Waals surface area contributed by atoms with E-state index in [-0.39, 0.29) is 31.0 Å². The highest BCUT2D eigenvalue weighted by Crippen LogP contribution is 2.47. The van der Waals surface area contributed by atoms with Crippen molar-refractivity contribution in [2.75, 3.05) is 18.5 Å². The summed E-state index contributed by atoms with van der Waals surface area (Å²) in [6.45, 7) is -1.76. The molecule has 1 saturated carbocycles. The predicted molar refractivity (Wildman–Crippen MR) is 117 cm³/mol. The molecule has 4 rings (SSSR count). The minimum atomic E-state index is -4.49. The Labute approximate surface area is 195 Å². The lowest BCUT2D eigenvalue weighted by Gasteiger charge is -2.37. The van der Waals surface area contributed by atoms with Crippen molar-refractivity contribution in [1.82, 2.24) is 10.6 Å². The summed E-state index contributed by atoms with van der Waals surface area (Å²) in [5.74, 6) is -0.409. The molecule has 0 unspecified atom stereocenters. The molecule has 3 amide bonds. The highest BCUT2D eigenvalue weighted by atomic mass is 19.4. The molecule has 8 nitrogen and oxygen atoms in total. The van der Waals surface area contributed by atoms with Crippen LogP contribution < -0.4 is 20.7 Å². The normalized spacial score (nSPS) is 26.7. The molecule has 34 heavy (non-hydrogen) atoms. The second-order valence-corrected chi connectivity index (χ2v) is 9.19. The molecule has 2 heterocycles. The molecule has 11 heteroatoms. The van der Waals surface area contributed by atoms with E-state index >= 15 is 0 Å². The summed E-state index contributed by atoms with van der Waals surface area (Å²) >= 11 is 0. The van der Waals surface area contributed by atoms with Crippen molar-refractivity contribution < 1.29 is 37.3 Å². The molecule has 0 bridgehead atoms. The summed E-state index contributed by atoms with van der Waals surface area (Å²) in [6, 6.07) is 5.17. The van der Waals surface area contributed by atoms with Gasteiger partial charge in [0.25, 0.3) is 0 Å². The van der Waals surface area contributed by atoms with E-state index in [1.165, 1.54) is 6.42 Å². The standard InChI is InChI=1S/C23H30F3N3O5/c24-23(25,26)12-27-20(31)10-15-9-17-16-8-14(29-22(32)28-13-4-2-1-3-5-13)6-7-18(16)34-21(17)19(11-30)33-15/h6-8,13,15,17,19,21,30H,1-5,9-12H2,(H,27,31)(H2,28,29,32)/t15-,17+,19-,21-/m1/s1. The first-order valence-corrected chi connectivity index (χ1v) is 11.7. The SMILES string of the molecule is O=C(C[C@H]1C[C@H]2c3cc(NC(=O)NC4CCCCC4)ccc3O[C@H]2[C@@H](CO)O1)NCC(F)(F)F. The van der Waals surface area contributed by atoms with Crippen molar-refractivity contribution >= 4 is 17.6 Å². The topological polar surface area (TPSA) is 109 Å². The van der Waals surface area contributed by atoms with Gasteiger partial charge in [0, 0.05) is 23.2 Å². The zero-order chi connectivity index (χ0) is 24.3. The Balaban J connectivity index is 1.40. The number of amides is 3. The summed E-state index contributed by atoms with van der Waals surface area (Å²) in [7, 11) is 0. The third-order valence-corrected chi connectivity index (χ3v) is 6.60. The average molecular weight is 486 g/mol. The first-order chi connectivity index (χ1) is 16.2. The lowest BCUT2D eigenvalue weighted by atomic mass is 9.84. The highest BCUT2D eigenvalue weighted by Gasteiger charge is 2.46. The summed E-state index contributed by atoms with van der Waals surface area (Å²) in [5.41, 5.74) is 1.39. The second-order valence-electron chi connectivity index (χ2n) is 9.19. The summed E-state index contributed by atoms with van der Waals surface area (Å²) < 4.78 is 48.9. The van der Waals surface area contributed by atoms with E-state index in [4.69, 9.17) is 9.47 Å². The number of benzene rings is 1. The predicted octanol–water partition coefficient (Wildman–Crippen LogP) is 3.20. The van der Waals surface area contributed by atoms with Gasteiger partial charge in [0.1, 0.15) is 24.5 Å². The molecular weight excluding hydrogens is 455 g/mol. The lowest BCUT2D eigenvalue weighted by Crippen LogP contribution is -2.47. The third-order valence-electron chi connectivity index (χ3n) is 6.60. The molecule has 188 valence electrons. The summed E-state index contributed by atoms with van der Waals surface area (Å²) in [5, 5.41) is 17.5. The van der Waals surface area contributed by atoms with Crippen LogP contribution >= 0.6 is 0 Å². The number of hydrogen-bond donors (Lipinski definition) is 4. The van der Waals surface area contributed by atoms with Crippen LogP contribution in [0, 0.1) is 0 Å². The number of aliphatic hydroxyl groups excluding tert-OH is 1. The van der Waals surface area contributed by atoms with Gasteiger partial charge < -0.3 is 30.5 Å². The molecule has 4 atom stereocenters. The Bertz CT molecular complexity index is 891. The van der Waals surface area contributed by atoms with Crippen LogP contribution in [0.3, 0.4) is 0 Å². The molecule has 0 spiro atoms. The van der Waals surface area contributed by atoms with Crippen LogP contribution in [0.4, 0.5) is 23.7 Å². The van der Waals surface area contributed by atoms with Crippen LogP contribution in [-0.4, -0.2) is 60.7 Å². The quantitative estimate of drug-likeness (QED) is 0.495. The van der Waals surface area contributed by atoms with Crippen molar-refractivity contribution in [1.29, 1.82) is 0 Å². The van der Waals surface area contributed by atoms with Crippen LogP contribution in [0.25, 0.3) is 0 Å². The first-order valence-electron chi connectivity index (χ1n) is 11.7. The Morgan fingerprint density at radius 1 is 1.15 bits per heavy atom. The van der Waals surface area contributed by atoms with Crippen LogP contribution in [0.2, 0.25) is 0 Å². The van der Waals surface area contributed by atoms with Crippen molar-refractivity contribution in [2.45, 2.75) is 81.4 Å². The van der Waals surface area contributed by atoms with Gasteiger partial charge in [-0.05, 0) is 37.5 Å². The van der Waals surface area contributed by atoms with Gasteiger partial charge in [0.05, 0.1) is 19.1 Å². The molecule has 1 aliphatic carbocycles. The van der Waals surface area contributed by atoms with Gasteiger partial charge in [0.15, 0.2) is 0 Å². The maximum atomic E-state index is 12.4. The van der Waals surface area contributed by atoms with Gasteiger partial charge in [-0.3, -0.25) is 4.79 Å². The van der Waals surface area contributed by atoms with Gasteiger partial charge in [-0.1, -0.05) is 19.3 Å². The summed E-state index contributed by atoms with van der Waals surface area (Å²) in [6.07, 6.45) is -0.959. The largest absolute Gasteiger partial charge is 0.487 e. The first kappa shape index (κ1) is 24.6. The van der Waals surface area contributed by atoms with Crippen molar-refractivity contribution in [3.63, 3.8) is 0 Å². The average Bonchev–Trinajstić information content (AvgIpc) is 3.15. The number of aliphatic hydroxyl groups is 1. The molecule has 1 aromatic rings. The van der Waals surface area contributed by atoms with E-state index in [1.807, 2.05) is 5.32 Å². The number of hydrogen-bond acceptors (Lipinski definition) is 5. The highest BCUT2D eigenvalue weighted by molar-refractivity contribution is 5.89. The maximum absolute atomic E-state index is 12.4. The number of carbonyl (C=O) groups excluding carboxylic acids is 2. The fourth-order valence-corrected chi connectivity index (χ4v) is 5.04. The maximum Gasteiger partial charge on any atom is 0.405 e. The molecule has 3 aliphatic rings. The second kappa shape index (κ2) is 10.4. The Kier molecular flexibility index (Phi) is 7.51. The minimum Gasteiger partial charge on any atom is -0.487 e. The Hall–Kier alpha value is -2.53. The van der Waals surface area contributed by atoms with E-state index in [2.05, 4.69) is 10.6 Å². The smallest absolute Gasteiger partial charge is 0.405 e. The van der Waals surface area contributed by atoms with Crippen LogP contribution in [-0.2, 0) is 9.53 Å². The third kappa shape index (κ3) is 6.12. The minimum absolute atomic E-state index is 0.168. The van der Waals surface area contributed by atoms with Gasteiger partial charge in [-0.25, -0.2) is 4.79 Å². The number of halogens is 3. The number of anilines is 1. The number of ether oxygens (including phenoxy) is 2. The van der Waals surface area contributed by atoms with Crippen molar-refractivity contribution in [3.05, 3.63) is 23.8 Å². The van der Waals surface area contributed by atoms with E-state index < -0.39 is 36.9 Å². The van der Waals surface area contributed by atoms with E-state index in [9.17, 15) is 27.9 Å². The number of nitrogens with one attached hydrogen (secondary N) is 3. The monoisotopic (exact) mass is 485 g/mol. The summed E-state index contributed by atoms with van der Waals surface area (Å²) in [4.78, 5) is 24.4. The Morgan fingerprint density at radius 2 is 1.91 bits per heavy atom. The molecule has 1 aromatic carbocycles. The van der Waals surface area contributed by atoms with Gasteiger partial charge in [-0.15, -0.1) is 0 Å². The molecule has 4 N–H and O–H groups in total. The number of carbonyl (C=O) groups is 2. The van der Waals surface area contributed by atoms with E-state index in [0.29, 0.717) is 17.9 Å². The number of rotatable bonds is 6. The molecule has 2 fully saturated rings. The van der Waals surface area contributed by atoms with Gasteiger partial charge in [0.2, 0.25) is 5.91 Å². The zero-order valence-electron chi connectivity index (χ0n) is 18.7. The molecule has 0 aromatic heterocycles. The van der Waals surface area contributed by atoms with Crippen LogP contribution in [0.5, 0.6) is 5.75 Å². The number of alkyl halides is 3. The van der Waals surface area contributed by atoms with Crippen LogP contribution in [0.1, 0.15) is 56.4 Å². The van der Waals surface area contributed by atoms with Crippen molar-refractivity contribution in [3.8, 4) is 5.75 Å². The van der Waals surface area contributed by atoms with E-state index in [1.54, 1.807) is 18.2 Å². The van der Waals surface area contributed by atoms with Gasteiger partial charge >= 0.3 is 12.2 Å². The number of urea groups is 1. The Morgan fingerprint density at radius 3 is 2.62 bits per heavy atom.